The molecule has 0 unspecified atom stereocenters. The van der Waals surface area contributed by atoms with E-state index in [2.05, 4.69) is 9.97 Å². The number of nitrogens with zero attached hydrogens (tertiary/aromatic N) is 3. The fourth-order valence-corrected chi connectivity index (χ4v) is 2.13. The summed E-state index contributed by atoms with van der Waals surface area (Å²) in [5.41, 5.74) is 1.80. The number of carbonyl (C=O) groups is 1. The Balaban J connectivity index is 2.14. The molecule has 0 saturated heterocycles. The van der Waals surface area contributed by atoms with Gasteiger partial charge in [-0.2, -0.15) is 0 Å². The monoisotopic (exact) mass is 247 g/mol. The maximum absolute atomic E-state index is 11.5. The number of aromatic nitrogens is 2. The van der Waals surface area contributed by atoms with Gasteiger partial charge in [0.05, 0.1) is 12.1 Å². The van der Waals surface area contributed by atoms with Crippen LogP contribution in [0.4, 0.5) is 0 Å². The van der Waals surface area contributed by atoms with Crippen molar-refractivity contribution in [3.63, 3.8) is 0 Å². The van der Waals surface area contributed by atoms with Crippen molar-refractivity contribution in [2.75, 3.05) is 14.1 Å². The highest BCUT2D eigenvalue weighted by Gasteiger charge is 2.10. The van der Waals surface area contributed by atoms with E-state index < -0.39 is 0 Å². The van der Waals surface area contributed by atoms with Crippen LogP contribution in [0, 0.1) is 0 Å². The van der Waals surface area contributed by atoms with Crippen LogP contribution in [-0.2, 0) is 11.2 Å². The lowest BCUT2D eigenvalue weighted by molar-refractivity contribution is -0.128. The summed E-state index contributed by atoms with van der Waals surface area (Å²) in [7, 11) is 3.49. The predicted molar refractivity (Wildman–Crippen MR) is 67.7 cm³/mol. The molecule has 0 aromatic carbocycles. The molecule has 0 aliphatic heterocycles. The molecular formula is C12H13N3OS. The first-order valence-corrected chi connectivity index (χ1v) is 6.10. The zero-order chi connectivity index (χ0) is 12.3. The van der Waals surface area contributed by atoms with Crippen molar-refractivity contribution in [2.45, 2.75) is 6.42 Å². The van der Waals surface area contributed by atoms with E-state index in [0.717, 1.165) is 16.3 Å². The standard InChI is InChI=1S/C12H13N3OS/c1-15(2)11(16)6-10-8-17-12(14-10)9-4-3-5-13-7-9/h3-5,7-8H,6H2,1-2H3. The third kappa shape index (κ3) is 2.88. The molecule has 4 nitrogen and oxygen atoms in total. The number of rotatable bonds is 3. The van der Waals surface area contributed by atoms with Gasteiger partial charge in [-0.3, -0.25) is 9.78 Å². The molecule has 0 saturated carbocycles. The highest BCUT2D eigenvalue weighted by Crippen LogP contribution is 2.22. The molecule has 2 aromatic rings. The van der Waals surface area contributed by atoms with E-state index >= 15 is 0 Å². The topological polar surface area (TPSA) is 46.1 Å². The Morgan fingerprint density at radius 1 is 1.47 bits per heavy atom. The normalized spacial score (nSPS) is 10.2. The van der Waals surface area contributed by atoms with Gasteiger partial charge in [0.2, 0.25) is 5.91 Å². The smallest absolute Gasteiger partial charge is 0.228 e. The van der Waals surface area contributed by atoms with Crippen LogP contribution in [0.25, 0.3) is 10.6 Å². The first-order chi connectivity index (χ1) is 8.16. The molecule has 2 rings (SSSR count). The fourth-order valence-electron chi connectivity index (χ4n) is 1.32. The van der Waals surface area contributed by atoms with Gasteiger partial charge >= 0.3 is 0 Å². The van der Waals surface area contributed by atoms with Crippen LogP contribution < -0.4 is 0 Å². The maximum Gasteiger partial charge on any atom is 0.228 e. The number of pyridine rings is 1. The predicted octanol–water partition coefficient (Wildman–Crippen LogP) is 1.84. The Hall–Kier alpha value is -1.75. The van der Waals surface area contributed by atoms with Gasteiger partial charge in [0, 0.05) is 37.4 Å². The zero-order valence-corrected chi connectivity index (χ0v) is 10.6. The molecule has 0 aliphatic carbocycles. The number of hydrogen-bond acceptors (Lipinski definition) is 4. The molecule has 17 heavy (non-hydrogen) atoms. The molecule has 0 bridgehead atoms. The average molecular weight is 247 g/mol. The van der Waals surface area contributed by atoms with E-state index in [1.165, 1.54) is 11.3 Å². The highest BCUT2D eigenvalue weighted by molar-refractivity contribution is 7.13. The maximum atomic E-state index is 11.5. The second-order valence-electron chi connectivity index (χ2n) is 3.85. The van der Waals surface area contributed by atoms with E-state index in [4.69, 9.17) is 0 Å². The third-order valence-electron chi connectivity index (χ3n) is 2.29. The summed E-state index contributed by atoms with van der Waals surface area (Å²) in [6.07, 6.45) is 3.85. The highest BCUT2D eigenvalue weighted by atomic mass is 32.1. The average Bonchev–Trinajstić information content (AvgIpc) is 2.78. The summed E-state index contributed by atoms with van der Waals surface area (Å²) >= 11 is 1.53. The van der Waals surface area contributed by atoms with Crippen molar-refractivity contribution >= 4 is 17.2 Å². The minimum atomic E-state index is 0.0630. The van der Waals surface area contributed by atoms with Crippen molar-refractivity contribution in [2.24, 2.45) is 0 Å². The van der Waals surface area contributed by atoms with Gasteiger partial charge < -0.3 is 4.90 Å². The summed E-state index contributed by atoms with van der Waals surface area (Å²) in [6.45, 7) is 0. The second kappa shape index (κ2) is 5.05. The minimum Gasteiger partial charge on any atom is -0.348 e. The Morgan fingerprint density at radius 3 is 2.94 bits per heavy atom. The van der Waals surface area contributed by atoms with Crippen LogP contribution >= 0.6 is 11.3 Å². The molecule has 0 atom stereocenters. The quantitative estimate of drug-likeness (QED) is 0.831. The molecule has 0 radical (unpaired) electrons. The van der Waals surface area contributed by atoms with Crippen LogP contribution in [0.5, 0.6) is 0 Å². The van der Waals surface area contributed by atoms with Crippen LogP contribution in [0.1, 0.15) is 5.69 Å². The summed E-state index contributed by atoms with van der Waals surface area (Å²) in [5, 5.41) is 2.82. The van der Waals surface area contributed by atoms with E-state index in [0.29, 0.717) is 6.42 Å². The van der Waals surface area contributed by atoms with E-state index in [9.17, 15) is 4.79 Å². The minimum absolute atomic E-state index is 0.0630. The molecule has 2 heterocycles. The van der Waals surface area contributed by atoms with Crippen LogP contribution in [0.3, 0.4) is 0 Å². The van der Waals surface area contributed by atoms with Gasteiger partial charge in [0.1, 0.15) is 5.01 Å². The van der Waals surface area contributed by atoms with E-state index in [-0.39, 0.29) is 5.91 Å². The molecule has 0 fully saturated rings. The van der Waals surface area contributed by atoms with E-state index in [1.807, 2.05) is 17.5 Å². The Labute approximate surface area is 104 Å². The molecule has 0 aliphatic rings. The van der Waals surface area contributed by atoms with Crippen molar-refractivity contribution in [3.05, 3.63) is 35.6 Å². The molecule has 88 valence electrons. The van der Waals surface area contributed by atoms with Gasteiger partial charge in [0.15, 0.2) is 0 Å². The Bertz CT molecular complexity index is 507. The van der Waals surface area contributed by atoms with Crippen LogP contribution in [0.2, 0.25) is 0 Å². The first-order valence-electron chi connectivity index (χ1n) is 5.22. The lowest BCUT2D eigenvalue weighted by atomic mass is 10.3. The molecular weight excluding hydrogens is 234 g/mol. The summed E-state index contributed by atoms with van der Waals surface area (Å²) in [5.74, 6) is 0.0630. The molecule has 0 spiro atoms. The van der Waals surface area contributed by atoms with Crippen LogP contribution in [0.15, 0.2) is 29.9 Å². The number of amides is 1. The van der Waals surface area contributed by atoms with Crippen LogP contribution in [-0.4, -0.2) is 34.9 Å². The Morgan fingerprint density at radius 2 is 2.29 bits per heavy atom. The van der Waals surface area contributed by atoms with Crippen molar-refractivity contribution in [3.8, 4) is 10.6 Å². The molecule has 1 amide bonds. The third-order valence-corrected chi connectivity index (χ3v) is 3.23. The Kier molecular flexibility index (Phi) is 3.49. The van der Waals surface area contributed by atoms with Gasteiger partial charge in [-0.25, -0.2) is 4.98 Å². The lowest BCUT2D eigenvalue weighted by Crippen LogP contribution is -2.23. The van der Waals surface area contributed by atoms with Gasteiger partial charge in [-0.05, 0) is 12.1 Å². The largest absolute Gasteiger partial charge is 0.348 e. The molecule has 0 N–H and O–H groups in total. The van der Waals surface area contributed by atoms with Gasteiger partial charge in [-0.15, -0.1) is 11.3 Å². The molecule has 5 heteroatoms. The number of carbonyl (C=O) groups excluding carboxylic acids is 1. The van der Waals surface area contributed by atoms with Crippen molar-refractivity contribution in [1.29, 1.82) is 0 Å². The molecule has 2 aromatic heterocycles. The van der Waals surface area contributed by atoms with Gasteiger partial charge in [-0.1, -0.05) is 0 Å². The van der Waals surface area contributed by atoms with Crippen molar-refractivity contribution < 1.29 is 4.79 Å². The SMILES string of the molecule is CN(C)C(=O)Cc1csc(-c2cccnc2)n1. The summed E-state index contributed by atoms with van der Waals surface area (Å²) < 4.78 is 0. The number of hydrogen-bond donors (Lipinski definition) is 0. The summed E-state index contributed by atoms with van der Waals surface area (Å²) in [4.78, 5) is 21.6. The fraction of sp³-hybridized carbons (Fsp3) is 0.250. The lowest BCUT2D eigenvalue weighted by Gasteiger charge is -2.07. The first kappa shape index (κ1) is 11.7. The number of likely N-dealkylation sites (N-methyl/N-ethyl adjacent to an activating group) is 1. The van der Waals surface area contributed by atoms with E-state index in [1.54, 1.807) is 31.4 Å². The second-order valence-corrected chi connectivity index (χ2v) is 4.71. The number of thiazole rings is 1. The summed E-state index contributed by atoms with van der Waals surface area (Å²) in [6, 6.07) is 3.84. The zero-order valence-electron chi connectivity index (χ0n) is 9.75. The van der Waals surface area contributed by atoms with Crippen molar-refractivity contribution in [1.82, 2.24) is 14.9 Å². The van der Waals surface area contributed by atoms with Gasteiger partial charge in [0.25, 0.3) is 0 Å².